The zero-order valence-corrected chi connectivity index (χ0v) is 9.53. The highest BCUT2D eigenvalue weighted by molar-refractivity contribution is 6.38. The highest BCUT2D eigenvalue weighted by atomic mass is 16.6. The van der Waals surface area contributed by atoms with Crippen LogP contribution in [-0.4, -0.2) is 23.4 Å². The van der Waals surface area contributed by atoms with Gasteiger partial charge in [-0.05, 0) is 13.0 Å². The summed E-state index contributed by atoms with van der Waals surface area (Å²) in [6.45, 7) is 1.53. The average Bonchev–Trinajstić information content (AvgIpc) is 2.37. The normalized spacial score (nSPS) is 9.67. The Bertz CT molecular complexity index is 488. The number of nitro benzene ring substituents is 1. The number of esters is 1. The predicted octanol–water partition coefficient (Wildman–Crippen LogP) is 0.365. The summed E-state index contributed by atoms with van der Waals surface area (Å²) in [5.41, 5.74) is -0.557. The fourth-order valence-corrected chi connectivity index (χ4v) is 1.22. The number of hydrogen-bond acceptors (Lipinski definition) is 6. The maximum absolute atomic E-state index is 11.5. The van der Waals surface area contributed by atoms with Crippen molar-refractivity contribution in [1.29, 1.82) is 0 Å². The number of benzene rings is 1. The molecule has 0 saturated heterocycles. The van der Waals surface area contributed by atoms with Crippen molar-refractivity contribution in [2.75, 3.05) is 11.6 Å². The molecule has 1 amide bonds. The van der Waals surface area contributed by atoms with E-state index in [1.54, 1.807) is 0 Å². The van der Waals surface area contributed by atoms with Crippen molar-refractivity contribution in [2.45, 2.75) is 6.92 Å². The van der Waals surface area contributed by atoms with Crippen LogP contribution in [0.1, 0.15) is 6.92 Å². The van der Waals surface area contributed by atoms with Gasteiger partial charge in [0, 0.05) is 6.07 Å². The Morgan fingerprint density at radius 3 is 2.61 bits per heavy atom. The molecular formula is C10H11N3O5. The Morgan fingerprint density at radius 2 is 2.06 bits per heavy atom. The standard InChI is InChI=1S/C10H11N3O5/c1-2-18-10(15)9(14)12(11)7-5-3-4-6-8(7)13(16)17/h3-6H,2,11H2,1H3. The lowest BCUT2D eigenvalue weighted by Gasteiger charge is -2.15. The number of carbonyl (C=O) groups is 2. The zero-order valence-electron chi connectivity index (χ0n) is 9.53. The van der Waals surface area contributed by atoms with Gasteiger partial charge in [0.25, 0.3) is 5.69 Å². The van der Waals surface area contributed by atoms with Crippen LogP contribution in [0.5, 0.6) is 0 Å². The molecule has 0 aliphatic carbocycles. The zero-order chi connectivity index (χ0) is 13.7. The number of nitro groups is 1. The quantitative estimate of drug-likeness (QED) is 0.208. The second-order valence-electron chi connectivity index (χ2n) is 3.14. The van der Waals surface area contributed by atoms with Crippen LogP contribution >= 0.6 is 0 Å². The van der Waals surface area contributed by atoms with Crippen LogP contribution in [0.25, 0.3) is 0 Å². The summed E-state index contributed by atoms with van der Waals surface area (Å²) in [4.78, 5) is 32.7. The molecule has 0 heterocycles. The molecule has 8 heteroatoms. The van der Waals surface area contributed by atoms with Gasteiger partial charge in [0.1, 0.15) is 5.69 Å². The van der Waals surface area contributed by atoms with Gasteiger partial charge in [-0.15, -0.1) is 0 Å². The second kappa shape index (κ2) is 5.73. The minimum absolute atomic E-state index is 0.00922. The molecule has 0 aliphatic rings. The molecule has 0 atom stereocenters. The molecule has 0 radical (unpaired) electrons. The van der Waals surface area contributed by atoms with Gasteiger partial charge in [0.2, 0.25) is 0 Å². The summed E-state index contributed by atoms with van der Waals surface area (Å²) < 4.78 is 4.47. The van der Waals surface area contributed by atoms with E-state index in [1.807, 2.05) is 0 Å². The molecular weight excluding hydrogens is 242 g/mol. The first-order chi connectivity index (χ1) is 8.49. The molecule has 0 aromatic heterocycles. The summed E-state index contributed by atoms with van der Waals surface area (Å²) in [7, 11) is 0. The molecule has 8 nitrogen and oxygen atoms in total. The van der Waals surface area contributed by atoms with E-state index >= 15 is 0 Å². The molecule has 0 spiro atoms. The van der Waals surface area contributed by atoms with Crippen LogP contribution in [0, 0.1) is 10.1 Å². The van der Waals surface area contributed by atoms with Crippen molar-refractivity contribution in [3.63, 3.8) is 0 Å². The van der Waals surface area contributed by atoms with E-state index in [0.29, 0.717) is 5.01 Å². The Hall–Kier alpha value is -2.48. The number of hydrogen-bond donors (Lipinski definition) is 1. The minimum atomic E-state index is -1.17. The molecule has 1 aromatic carbocycles. The molecule has 0 aliphatic heterocycles. The average molecular weight is 253 g/mol. The van der Waals surface area contributed by atoms with E-state index in [2.05, 4.69) is 4.74 Å². The molecule has 0 unspecified atom stereocenters. The van der Waals surface area contributed by atoms with E-state index < -0.39 is 16.8 Å². The molecule has 1 rings (SSSR count). The Labute approximate surface area is 102 Å². The second-order valence-corrected chi connectivity index (χ2v) is 3.14. The molecule has 0 saturated carbocycles. The fraction of sp³-hybridized carbons (Fsp3) is 0.200. The van der Waals surface area contributed by atoms with Crippen molar-refractivity contribution in [3.05, 3.63) is 34.4 Å². The van der Waals surface area contributed by atoms with Crippen molar-refractivity contribution in [2.24, 2.45) is 5.84 Å². The van der Waals surface area contributed by atoms with Crippen LogP contribution in [0.3, 0.4) is 0 Å². The molecule has 0 fully saturated rings. The Kier molecular flexibility index (Phi) is 4.33. The van der Waals surface area contributed by atoms with Crippen LogP contribution in [-0.2, 0) is 14.3 Å². The van der Waals surface area contributed by atoms with Crippen LogP contribution in [0.15, 0.2) is 24.3 Å². The third-order valence-electron chi connectivity index (χ3n) is 2.01. The lowest BCUT2D eigenvalue weighted by atomic mass is 10.2. The van der Waals surface area contributed by atoms with Gasteiger partial charge in [-0.2, -0.15) is 0 Å². The maximum Gasteiger partial charge on any atom is 0.398 e. The monoisotopic (exact) mass is 253 g/mol. The lowest BCUT2D eigenvalue weighted by Crippen LogP contribution is -2.43. The van der Waals surface area contributed by atoms with E-state index in [-0.39, 0.29) is 18.0 Å². The summed E-state index contributed by atoms with van der Waals surface area (Å²) in [5, 5.41) is 11.1. The number of hydrazine groups is 1. The van der Waals surface area contributed by atoms with Gasteiger partial charge in [0.15, 0.2) is 0 Å². The predicted molar refractivity (Wildman–Crippen MR) is 61.4 cm³/mol. The SMILES string of the molecule is CCOC(=O)C(=O)N(N)c1ccccc1[N+](=O)[O-]. The molecule has 96 valence electrons. The van der Waals surface area contributed by atoms with Crippen molar-refractivity contribution in [3.8, 4) is 0 Å². The van der Waals surface area contributed by atoms with E-state index in [1.165, 1.54) is 31.2 Å². The van der Waals surface area contributed by atoms with Crippen LogP contribution in [0.4, 0.5) is 11.4 Å². The van der Waals surface area contributed by atoms with Gasteiger partial charge in [-0.1, -0.05) is 12.1 Å². The van der Waals surface area contributed by atoms with Gasteiger partial charge >= 0.3 is 11.9 Å². The molecule has 2 N–H and O–H groups in total. The number of nitrogens with two attached hydrogens (primary N) is 1. The third-order valence-corrected chi connectivity index (χ3v) is 2.01. The van der Waals surface area contributed by atoms with Gasteiger partial charge in [-0.25, -0.2) is 15.6 Å². The summed E-state index contributed by atoms with van der Waals surface area (Å²) in [6.07, 6.45) is 0. The number of carbonyl (C=O) groups excluding carboxylic acids is 2. The fourth-order valence-electron chi connectivity index (χ4n) is 1.22. The van der Waals surface area contributed by atoms with Crippen molar-refractivity contribution < 1.29 is 19.2 Å². The number of rotatable bonds is 3. The van der Waals surface area contributed by atoms with E-state index in [9.17, 15) is 19.7 Å². The van der Waals surface area contributed by atoms with Crippen LogP contribution < -0.4 is 10.9 Å². The number of amides is 1. The van der Waals surface area contributed by atoms with Gasteiger partial charge in [0.05, 0.1) is 11.5 Å². The lowest BCUT2D eigenvalue weighted by molar-refractivity contribution is -0.384. The highest BCUT2D eigenvalue weighted by Gasteiger charge is 2.27. The van der Waals surface area contributed by atoms with E-state index in [0.717, 1.165) is 0 Å². The van der Waals surface area contributed by atoms with Gasteiger partial charge in [-0.3, -0.25) is 14.9 Å². The van der Waals surface area contributed by atoms with Crippen molar-refractivity contribution >= 4 is 23.3 Å². The first-order valence-electron chi connectivity index (χ1n) is 4.98. The Morgan fingerprint density at radius 1 is 1.44 bits per heavy atom. The summed E-state index contributed by atoms with van der Waals surface area (Å²) in [5.74, 6) is 3.04. The number of ether oxygens (including phenoxy) is 1. The highest BCUT2D eigenvalue weighted by Crippen LogP contribution is 2.25. The van der Waals surface area contributed by atoms with Crippen molar-refractivity contribution in [1.82, 2.24) is 0 Å². The first-order valence-corrected chi connectivity index (χ1v) is 4.98. The molecule has 1 aromatic rings. The third kappa shape index (κ3) is 2.80. The number of anilines is 1. The molecule has 18 heavy (non-hydrogen) atoms. The van der Waals surface area contributed by atoms with Crippen LogP contribution in [0.2, 0.25) is 0 Å². The summed E-state index contributed by atoms with van der Waals surface area (Å²) >= 11 is 0. The molecule has 0 bridgehead atoms. The Balaban J connectivity index is 3.04. The minimum Gasteiger partial charge on any atom is -0.459 e. The first kappa shape index (κ1) is 13.6. The maximum atomic E-state index is 11.5. The largest absolute Gasteiger partial charge is 0.459 e. The topological polar surface area (TPSA) is 116 Å². The smallest absolute Gasteiger partial charge is 0.398 e. The van der Waals surface area contributed by atoms with Gasteiger partial charge < -0.3 is 4.74 Å². The van der Waals surface area contributed by atoms with E-state index in [4.69, 9.17) is 5.84 Å². The number of nitrogens with zero attached hydrogens (tertiary/aromatic N) is 2. The summed E-state index contributed by atoms with van der Waals surface area (Å²) in [6, 6.07) is 5.31. The number of para-hydroxylation sites is 2.